The van der Waals surface area contributed by atoms with E-state index in [1.165, 1.54) is 0 Å². The summed E-state index contributed by atoms with van der Waals surface area (Å²) >= 11 is 23.5. The maximum atomic E-state index is 9.54. The zero-order valence-corrected chi connectivity index (χ0v) is 11.9. The van der Waals surface area contributed by atoms with Crippen molar-refractivity contribution in [1.29, 1.82) is 0 Å². The van der Waals surface area contributed by atoms with Crippen molar-refractivity contribution in [3.63, 3.8) is 0 Å². The Labute approximate surface area is 124 Å². The minimum atomic E-state index is -0.580. The van der Waals surface area contributed by atoms with E-state index in [1.807, 2.05) is 0 Å². The molecule has 18 heavy (non-hydrogen) atoms. The van der Waals surface area contributed by atoms with Crippen LogP contribution in [0.2, 0.25) is 10.0 Å². The minimum absolute atomic E-state index is 0.0435. The van der Waals surface area contributed by atoms with E-state index in [1.54, 1.807) is 18.2 Å². The van der Waals surface area contributed by atoms with Crippen LogP contribution < -0.4 is 0 Å². The van der Waals surface area contributed by atoms with Crippen LogP contribution >= 0.6 is 46.4 Å². The summed E-state index contributed by atoms with van der Waals surface area (Å²) in [6.45, 7) is 0. The standard InChI is InChI=1S/C12H8Cl4O2/c13-7-1-5(2-8(14)11(7)17)6-3-9(15)12(18)10(16)4-6/h1-3,10,17-18H,4H2. The molecule has 1 atom stereocenters. The molecule has 1 aliphatic carbocycles. The van der Waals surface area contributed by atoms with E-state index in [-0.39, 0.29) is 26.6 Å². The van der Waals surface area contributed by atoms with Crippen molar-refractivity contribution in [2.45, 2.75) is 11.8 Å². The zero-order chi connectivity index (χ0) is 13.4. The predicted molar refractivity (Wildman–Crippen MR) is 75.9 cm³/mol. The van der Waals surface area contributed by atoms with Gasteiger partial charge in [-0.25, -0.2) is 0 Å². The summed E-state index contributed by atoms with van der Waals surface area (Å²) in [5, 5.41) is 18.9. The van der Waals surface area contributed by atoms with Crippen molar-refractivity contribution < 1.29 is 10.2 Å². The summed E-state index contributed by atoms with van der Waals surface area (Å²) in [5.74, 6) is -0.205. The first-order valence-corrected chi connectivity index (χ1v) is 6.59. The first-order chi connectivity index (χ1) is 8.40. The van der Waals surface area contributed by atoms with E-state index in [0.29, 0.717) is 12.0 Å². The fraction of sp³-hybridized carbons (Fsp3) is 0.167. The molecule has 1 aromatic rings. The number of aromatic hydroxyl groups is 1. The Bertz CT molecular complexity index is 540. The summed E-state index contributed by atoms with van der Waals surface area (Å²) in [4.78, 5) is 0. The molecule has 0 amide bonds. The molecular weight excluding hydrogens is 318 g/mol. The topological polar surface area (TPSA) is 40.5 Å². The third-order valence-corrected chi connectivity index (χ3v) is 3.87. The third kappa shape index (κ3) is 2.57. The van der Waals surface area contributed by atoms with Crippen molar-refractivity contribution in [2.24, 2.45) is 0 Å². The number of alkyl halides is 1. The normalized spacial score (nSPS) is 20.0. The second kappa shape index (κ2) is 5.22. The second-order valence-electron chi connectivity index (χ2n) is 3.86. The molecule has 2 N–H and O–H groups in total. The van der Waals surface area contributed by atoms with Gasteiger partial charge in [0.15, 0.2) is 5.75 Å². The van der Waals surface area contributed by atoms with E-state index in [0.717, 1.165) is 5.57 Å². The molecule has 0 aromatic heterocycles. The van der Waals surface area contributed by atoms with E-state index in [2.05, 4.69) is 0 Å². The number of aliphatic hydroxyl groups is 1. The molecule has 1 aliphatic rings. The number of hydrogen-bond acceptors (Lipinski definition) is 2. The average Bonchev–Trinajstić information content (AvgIpc) is 2.31. The Balaban J connectivity index is 2.48. The van der Waals surface area contributed by atoms with Crippen LogP contribution in [0.5, 0.6) is 5.75 Å². The fourth-order valence-corrected chi connectivity index (χ4v) is 2.77. The van der Waals surface area contributed by atoms with E-state index >= 15 is 0 Å². The first-order valence-electron chi connectivity index (χ1n) is 5.01. The highest BCUT2D eigenvalue weighted by Gasteiger charge is 2.22. The summed E-state index contributed by atoms with van der Waals surface area (Å²) < 4.78 is 0. The maximum Gasteiger partial charge on any atom is 0.152 e. The highest BCUT2D eigenvalue weighted by atomic mass is 35.5. The van der Waals surface area contributed by atoms with E-state index in [4.69, 9.17) is 46.4 Å². The van der Waals surface area contributed by atoms with E-state index in [9.17, 15) is 10.2 Å². The molecule has 0 fully saturated rings. The molecule has 0 spiro atoms. The van der Waals surface area contributed by atoms with Gasteiger partial charge in [-0.2, -0.15) is 0 Å². The van der Waals surface area contributed by atoms with Crippen LogP contribution in [-0.2, 0) is 0 Å². The Morgan fingerprint density at radius 1 is 1.06 bits per heavy atom. The van der Waals surface area contributed by atoms with Gasteiger partial charge in [-0.15, -0.1) is 11.6 Å². The monoisotopic (exact) mass is 324 g/mol. The lowest BCUT2D eigenvalue weighted by Crippen LogP contribution is -2.09. The Hall–Kier alpha value is -0.540. The minimum Gasteiger partial charge on any atom is -0.509 e. The van der Waals surface area contributed by atoms with Crippen LogP contribution in [0, 0.1) is 0 Å². The van der Waals surface area contributed by atoms with Gasteiger partial charge in [0.05, 0.1) is 20.5 Å². The lowest BCUT2D eigenvalue weighted by atomic mass is 9.96. The molecule has 1 aromatic carbocycles. The molecule has 0 radical (unpaired) electrons. The molecule has 2 nitrogen and oxygen atoms in total. The lowest BCUT2D eigenvalue weighted by molar-refractivity contribution is 0.389. The molecule has 0 saturated heterocycles. The number of benzene rings is 1. The van der Waals surface area contributed by atoms with Crippen LogP contribution in [0.3, 0.4) is 0 Å². The quantitative estimate of drug-likeness (QED) is 0.705. The molecule has 0 heterocycles. The molecular formula is C12H8Cl4O2. The van der Waals surface area contributed by atoms with Gasteiger partial charge in [0, 0.05) is 0 Å². The number of aliphatic hydroxyl groups excluding tert-OH is 1. The second-order valence-corrected chi connectivity index (χ2v) is 5.61. The van der Waals surface area contributed by atoms with Crippen molar-refractivity contribution in [1.82, 2.24) is 0 Å². The van der Waals surface area contributed by atoms with Gasteiger partial charge in [-0.05, 0) is 35.8 Å². The van der Waals surface area contributed by atoms with Crippen LogP contribution in [0.1, 0.15) is 12.0 Å². The van der Waals surface area contributed by atoms with Crippen LogP contribution in [0.25, 0.3) is 5.57 Å². The molecule has 1 unspecified atom stereocenters. The summed E-state index contributed by atoms with van der Waals surface area (Å²) in [6.07, 6.45) is 2.01. The van der Waals surface area contributed by atoms with Crippen molar-refractivity contribution >= 4 is 52.0 Å². The lowest BCUT2D eigenvalue weighted by Gasteiger charge is -2.19. The Morgan fingerprint density at radius 2 is 1.61 bits per heavy atom. The van der Waals surface area contributed by atoms with Crippen molar-refractivity contribution in [3.05, 3.63) is 44.6 Å². The molecule has 0 aliphatic heterocycles. The predicted octanol–water partition coefficient (Wildman–Crippen LogP) is 5.10. The van der Waals surface area contributed by atoms with Crippen LogP contribution in [0.15, 0.2) is 29.0 Å². The maximum absolute atomic E-state index is 9.54. The highest BCUT2D eigenvalue weighted by molar-refractivity contribution is 6.37. The number of hydrogen-bond donors (Lipinski definition) is 2. The number of phenols is 1. The SMILES string of the molecule is OC1=C(Cl)C=C(c2cc(Cl)c(O)c(Cl)c2)CC1Cl. The number of phenolic OH excluding ortho intramolecular Hbond substituents is 1. The first kappa shape index (κ1) is 13.9. The Morgan fingerprint density at radius 3 is 2.11 bits per heavy atom. The molecule has 6 heteroatoms. The van der Waals surface area contributed by atoms with Gasteiger partial charge in [-0.1, -0.05) is 34.8 Å². The van der Waals surface area contributed by atoms with Crippen LogP contribution in [0.4, 0.5) is 0 Å². The third-order valence-electron chi connectivity index (χ3n) is 2.63. The van der Waals surface area contributed by atoms with Gasteiger partial charge in [0.1, 0.15) is 5.76 Å². The smallest absolute Gasteiger partial charge is 0.152 e. The summed E-state index contributed by atoms with van der Waals surface area (Å²) in [7, 11) is 0. The highest BCUT2D eigenvalue weighted by Crippen LogP contribution is 2.39. The molecule has 96 valence electrons. The van der Waals surface area contributed by atoms with Crippen molar-refractivity contribution in [3.8, 4) is 5.75 Å². The van der Waals surface area contributed by atoms with Gasteiger partial charge < -0.3 is 10.2 Å². The van der Waals surface area contributed by atoms with Crippen molar-refractivity contribution in [2.75, 3.05) is 0 Å². The van der Waals surface area contributed by atoms with E-state index < -0.39 is 5.38 Å². The van der Waals surface area contributed by atoms with Gasteiger partial charge in [-0.3, -0.25) is 0 Å². The Kier molecular flexibility index (Phi) is 4.02. The summed E-state index contributed by atoms with van der Waals surface area (Å²) in [6, 6.07) is 3.15. The average molecular weight is 326 g/mol. The van der Waals surface area contributed by atoms with Gasteiger partial charge >= 0.3 is 0 Å². The largest absolute Gasteiger partial charge is 0.509 e. The molecule has 0 saturated carbocycles. The fourth-order valence-electron chi connectivity index (χ4n) is 1.68. The molecule has 2 rings (SSSR count). The number of allylic oxidation sites excluding steroid dienone is 4. The summed E-state index contributed by atoms with van der Waals surface area (Å²) in [5.41, 5.74) is 1.50. The van der Waals surface area contributed by atoms with Crippen LogP contribution in [-0.4, -0.2) is 15.6 Å². The zero-order valence-electron chi connectivity index (χ0n) is 8.92. The van der Waals surface area contributed by atoms with Gasteiger partial charge in [0.25, 0.3) is 0 Å². The molecule has 0 bridgehead atoms. The number of rotatable bonds is 1. The number of halogens is 4. The van der Waals surface area contributed by atoms with Gasteiger partial charge in [0.2, 0.25) is 0 Å².